The number of aryl methyl sites for hydroxylation is 1. The molecule has 0 radical (unpaired) electrons. The molecule has 3 aromatic rings. The molecule has 1 aliphatic rings. The summed E-state index contributed by atoms with van der Waals surface area (Å²) in [4.78, 5) is 26.7. The highest BCUT2D eigenvalue weighted by Gasteiger charge is 2.22. The van der Waals surface area contributed by atoms with Crippen LogP contribution < -0.4 is 20.1 Å². The van der Waals surface area contributed by atoms with E-state index in [0.29, 0.717) is 18.0 Å². The number of amides is 2. The number of para-hydroxylation sites is 1. The first-order valence-electron chi connectivity index (χ1n) is 10.1. The van der Waals surface area contributed by atoms with E-state index < -0.39 is 11.8 Å². The Labute approximate surface area is 180 Å². The molecule has 0 fully saturated rings. The maximum absolute atomic E-state index is 12.4. The van der Waals surface area contributed by atoms with E-state index in [0.717, 1.165) is 22.0 Å². The summed E-state index contributed by atoms with van der Waals surface area (Å²) in [6.07, 6.45) is 2.07. The van der Waals surface area contributed by atoms with E-state index in [1.807, 2.05) is 44.2 Å². The van der Waals surface area contributed by atoms with Gasteiger partial charge in [0.05, 0.1) is 6.04 Å². The third kappa shape index (κ3) is 4.34. The number of carbonyl (C=O) groups is 2. The fraction of sp³-hybridized carbons (Fsp3) is 0.304. The molecule has 0 aliphatic carbocycles. The highest BCUT2D eigenvalue weighted by molar-refractivity contribution is 6.35. The Balaban J connectivity index is 1.37. The molecule has 2 heterocycles. The zero-order valence-electron chi connectivity index (χ0n) is 17.8. The minimum atomic E-state index is -0.673. The van der Waals surface area contributed by atoms with E-state index in [1.165, 1.54) is 0 Å². The smallest absolute Gasteiger partial charge is 0.309 e. The number of nitrogens with one attached hydrogen (secondary N) is 2. The Bertz CT molecular complexity index is 1120. The van der Waals surface area contributed by atoms with Gasteiger partial charge in [-0.2, -0.15) is 0 Å². The number of fused-ring (bicyclic) bond motifs is 2. The third-order valence-corrected chi connectivity index (χ3v) is 5.46. The van der Waals surface area contributed by atoms with Crippen molar-refractivity contribution in [1.29, 1.82) is 0 Å². The highest BCUT2D eigenvalue weighted by Crippen LogP contribution is 2.32. The summed E-state index contributed by atoms with van der Waals surface area (Å²) < 4.78 is 12.7. The van der Waals surface area contributed by atoms with Gasteiger partial charge >= 0.3 is 11.8 Å². The largest absolute Gasteiger partial charge is 0.454 e. The molecule has 162 valence electrons. The normalized spacial score (nSPS) is 13.4. The van der Waals surface area contributed by atoms with E-state index in [2.05, 4.69) is 33.5 Å². The fourth-order valence-electron chi connectivity index (χ4n) is 3.79. The van der Waals surface area contributed by atoms with Gasteiger partial charge in [0.15, 0.2) is 11.5 Å². The number of nitrogens with zero attached hydrogens (tertiary/aromatic N) is 2. The van der Waals surface area contributed by atoms with Crippen LogP contribution in [-0.4, -0.2) is 48.7 Å². The van der Waals surface area contributed by atoms with Crippen molar-refractivity contribution in [3.8, 4) is 11.5 Å². The number of carbonyl (C=O) groups excluding carboxylic acids is 2. The van der Waals surface area contributed by atoms with Crippen molar-refractivity contribution in [2.24, 2.45) is 7.05 Å². The number of rotatable bonds is 6. The summed E-state index contributed by atoms with van der Waals surface area (Å²) in [6.45, 7) is 0.734. The third-order valence-electron chi connectivity index (χ3n) is 5.46. The predicted octanol–water partition coefficient (Wildman–Crippen LogP) is 1.94. The van der Waals surface area contributed by atoms with E-state index in [-0.39, 0.29) is 19.4 Å². The molecular weight excluding hydrogens is 396 g/mol. The molecule has 2 N–H and O–H groups in total. The average Bonchev–Trinajstić information content (AvgIpc) is 3.36. The van der Waals surface area contributed by atoms with Gasteiger partial charge in [-0.3, -0.25) is 9.59 Å². The van der Waals surface area contributed by atoms with Crippen molar-refractivity contribution in [2.45, 2.75) is 12.6 Å². The molecule has 1 aliphatic heterocycles. The molecule has 0 spiro atoms. The first kappa shape index (κ1) is 20.7. The van der Waals surface area contributed by atoms with Gasteiger partial charge in [0, 0.05) is 37.2 Å². The van der Waals surface area contributed by atoms with E-state index in [1.54, 1.807) is 12.1 Å². The van der Waals surface area contributed by atoms with Gasteiger partial charge in [-0.25, -0.2) is 0 Å². The molecule has 2 aromatic carbocycles. The standard InChI is InChI=1S/C23H26N4O4/c1-26(2)19(17-13-27(3)18-7-5-4-6-16(17)18)12-25-23(29)22(28)24-11-15-8-9-20-21(10-15)31-14-30-20/h4-10,13,19H,11-12,14H2,1-3H3,(H,24,28)(H,25,29)/t19-/m1/s1. The van der Waals surface area contributed by atoms with Crippen LogP contribution in [-0.2, 0) is 23.2 Å². The SMILES string of the molecule is CN(C)[C@H](CNC(=O)C(=O)NCc1ccc2c(c1)OCO2)c1cn(C)c2ccccc12. The van der Waals surface area contributed by atoms with E-state index in [9.17, 15) is 9.59 Å². The van der Waals surface area contributed by atoms with Crippen LogP contribution in [0.5, 0.6) is 11.5 Å². The highest BCUT2D eigenvalue weighted by atomic mass is 16.7. The Kier molecular flexibility index (Phi) is 5.81. The van der Waals surface area contributed by atoms with Crippen molar-refractivity contribution >= 4 is 22.7 Å². The van der Waals surface area contributed by atoms with Gasteiger partial charge < -0.3 is 29.6 Å². The summed E-state index contributed by atoms with van der Waals surface area (Å²) in [6, 6.07) is 13.5. The van der Waals surface area contributed by atoms with E-state index in [4.69, 9.17) is 9.47 Å². The maximum Gasteiger partial charge on any atom is 0.309 e. The van der Waals surface area contributed by atoms with Crippen LogP contribution in [0.3, 0.4) is 0 Å². The molecule has 31 heavy (non-hydrogen) atoms. The molecule has 2 amide bonds. The Morgan fingerprint density at radius 1 is 1.06 bits per heavy atom. The average molecular weight is 422 g/mol. The molecule has 0 bridgehead atoms. The predicted molar refractivity (Wildman–Crippen MR) is 117 cm³/mol. The van der Waals surface area contributed by atoms with Crippen LogP contribution in [0.1, 0.15) is 17.2 Å². The molecule has 4 rings (SSSR count). The van der Waals surface area contributed by atoms with Crippen LogP contribution in [0.25, 0.3) is 10.9 Å². The van der Waals surface area contributed by atoms with Gasteiger partial charge in [-0.05, 0) is 43.4 Å². The quantitative estimate of drug-likeness (QED) is 0.593. The molecule has 8 nitrogen and oxygen atoms in total. The van der Waals surface area contributed by atoms with E-state index >= 15 is 0 Å². The second-order valence-electron chi connectivity index (χ2n) is 7.77. The summed E-state index contributed by atoms with van der Waals surface area (Å²) in [5.74, 6) is -0.0166. The molecule has 1 atom stereocenters. The molecule has 1 aromatic heterocycles. The van der Waals surface area contributed by atoms with Crippen LogP contribution in [0.15, 0.2) is 48.7 Å². The van der Waals surface area contributed by atoms with Crippen molar-refractivity contribution in [2.75, 3.05) is 27.4 Å². The van der Waals surface area contributed by atoms with Crippen molar-refractivity contribution in [3.05, 3.63) is 59.8 Å². The Morgan fingerprint density at radius 3 is 2.61 bits per heavy atom. The van der Waals surface area contributed by atoms with Crippen molar-refractivity contribution in [3.63, 3.8) is 0 Å². The zero-order valence-corrected chi connectivity index (χ0v) is 17.8. The van der Waals surface area contributed by atoms with Gasteiger partial charge in [0.1, 0.15) is 0 Å². The molecule has 0 unspecified atom stereocenters. The van der Waals surface area contributed by atoms with Crippen molar-refractivity contribution < 1.29 is 19.1 Å². The van der Waals surface area contributed by atoms with Crippen LogP contribution >= 0.6 is 0 Å². The number of hydrogen-bond donors (Lipinski definition) is 2. The lowest BCUT2D eigenvalue weighted by molar-refractivity contribution is -0.139. The number of likely N-dealkylation sites (N-methyl/N-ethyl adjacent to an activating group) is 1. The van der Waals surface area contributed by atoms with Crippen LogP contribution in [0, 0.1) is 0 Å². The Morgan fingerprint density at radius 2 is 1.81 bits per heavy atom. The summed E-state index contributed by atoms with van der Waals surface area (Å²) in [5, 5.41) is 6.55. The zero-order chi connectivity index (χ0) is 22.0. The lowest BCUT2D eigenvalue weighted by atomic mass is 10.0. The monoisotopic (exact) mass is 422 g/mol. The number of hydrogen-bond acceptors (Lipinski definition) is 5. The fourth-order valence-corrected chi connectivity index (χ4v) is 3.79. The molecule has 8 heteroatoms. The lowest BCUT2D eigenvalue weighted by Gasteiger charge is -2.24. The van der Waals surface area contributed by atoms with Crippen LogP contribution in [0.4, 0.5) is 0 Å². The number of ether oxygens (including phenoxy) is 2. The van der Waals surface area contributed by atoms with Gasteiger partial charge in [-0.1, -0.05) is 24.3 Å². The van der Waals surface area contributed by atoms with Gasteiger partial charge in [0.2, 0.25) is 6.79 Å². The lowest BCUT2D eigenvalue weighted by Crippen LogP contribution is -2.42. The first-order valence-corrected chi connectivity index (χ1v) is 10.1. The molecule has 0 saturated heterocycles. The maximum atomic E-state index is 12.4. The number of aromatic nitrogens is 1. The summed E-state index contributed by atoms with van der Waals surface area (Å²) in [7, 11) is 5.91. The molecule has 0 saturated carbocycles. The minimum Gasteiger partial charge on any atom is -0.454 e. The van der Waals surface area contributed by atoms with Gasteiger partial charge in [0.25, 0.3) is 0 Å². The second-order valence-corrected chi connectivity index (χ2v) is 7.77. The number of benzene rings is 2. The van der Waals surface area contributed by atoms with Crippen molar-refractivity contribution in [1.82, 2.24) is 20.1 Å². The second kappa shape index (κ2) is 8.69. The summed E-state index contributed by atoms with van der Waals surface area (Å²) in [5.41, 5.74) is 3.05. The topological polar surface area (TPSA) is 84.8 Å². The summed E-state index contributed by atoms with van der Waals surface area (Å²) >= 11 is 0. The Hall–Kier alpha value is -3.52. The minimum absolute atomic E-state index is 0.0725. The van der Waals surface area contributed by atoms with Gasteiger partial charge in [-0.15, -0.1) is 0 Å². The molecular formula is C23H26N4O4. The van der Waals surface area contributed by atoms with Crippen LogP contribution in [0.2, 0.25) is 0 Å². The first-order chi connectivity index (χ1) is 14.9.